The van der Waals surface area contributed by atoms with Crippen LogP contribution in [0.15, 0.2) is 0 Å². The number of hydrogen-bond acceptors (Lipinski definition) is 2. The molecule has 2 heteroatoms. The number of rotatable bonds is 2. The van der Waals surface area contributed by atoms with Gasteiger partial charge in [0.2, 0.25) is 0 Å². The lowest BCUT2D eigenvalue weighted by atomic mass is 9.93. The molecule has 0 aromatic heterocycles. The SMILES string of the molecule is C[C@]1(C(=O)[O-])C[C@]12C[C@]2(C)C1CC1. The van der Waals surface area contributed by atoms with Crippen molar-refractivity contribution in [3.05, 3.63) is 0 Å². The number of aliphatic carboxylic acids is 1. The van der Waals surface area contributed by atoms with Crippen molar-refractivity contribution in [3.8, 4) is 0 Å². The average molecular weight is 179 g/mol. The van der Waals surface area contributed by atoms with Gasteiger partial charge in [-0.2, -0.15) is 0 Å². The Kier molecular flexibility index (Phi) is 1.00. The van der Waals surface area contributed by atoms with Crippen LogP contribution in [0.1, 0.15) is 39.5 Å². The molecule has 3 aliphatic rings. The zero-order valence-electron chi connectivity index (χ0n) is 8.22. The highest BCUT2D eigenvalue weighted by molar-refractivity contribution is 5.79. The minimum Gasteiger partial charge on any atom is -0.550 e. The molecule has 0 bridgehead atoms. The molecule has 2 nitrogen and oxygen atoms in total. The number of carboxylic acids is 1. The molecule has 0 heterocycles. The predicted octanol–water partition coefficient (Wildman–Crippen LogP) is 0.953. The van der Waals surface area contributed by atoms with Crippen LogP contribution in [0.2, 0.25) is 0 Å². The summed E-state index contributed by atoms with van der Waals surface area (Å²) in [6.07, 6.45) is 4.65. The molecular formula is C11H15O2-. The monoisotopic (exact) mass is 179 g/mol. The van der Waals surface area contributed by atoms with Gasteiger partial charge in [0.25, 0.3) is 0 Å². The van der Waals surface area contributed by atoms with E-state index in [1.807, 2.05) is 6.92 Å². The van der Waals surface area contributed by atoms with Crippen LogP contribution < -0.4 is 5.11 Å². The fourth-order valence-electron chi connectivity index (χ4n) is 3.75. The first-order valence-corrected chi connectivity index (χ1v) is 5.18. The molecule has 1 spiro atoms. The van der Waals surface area contributed by atoms with Crippen LogP contribution >= 0.6 is 0 Å². The van der Waals surface area contributed by atoms with Crippen molar-refractivity contribution < 1.29 is 9.90 Å². The highest BCUT2D eigenvalue weighted by Crippen LogP contribution is 2.91. The van der Waals surface area contributed by atoms with E-state index in [9.17, 15) is 9.90 Å². The van der Waals surface area contributed by atoms with Crippen LogP contribution in [0.5, 0.6) is 0 Å². The number of carbonyl (C=O) groups is 1. The molecule has 3 atom stereocenters. The van der Waals surface area contributed by atoms with Crippen LogP contribution in [0.3, 0.4) is 0 Å². The summed E-state index contributed by atoms with van der Waals surface area (Å²) in [5, 5.41) is 11.0. The number of carboxylic acid groups (broad SMARTS) is 1. The summed E-state index contributed by atoms with van der Waals surface area (Å²) >= 11 is 0. The largest absolute Gasteiger partial charge is 0.550 e. The van der Waals surface area contributed by atoms with Crippen molar-refractivity contribution in [2.24, 2.45) is 22.2 Å². The first kappa shape index (κ1) is 7.84. The van der Waals surface area contributed by atoms with Gasteiger partial charge in [-0.15, -0.1) is 0 Å². The van der Waals surface area contributed by atoms with Crippen molar-refractivity contribution in [3.63, 3.8) is 0 Å². The quantitative estimate of drug-likeness (QED) is 0.633. The summed E-state index contributed by atoms with van der Waals surface area (Å²) in [7, 11) is 0. The molecule has 0 amide bonds. The first-order valence-electron chi connectivity index (χ1n) is 5.18. The second-order valence-electron chi connectivity index (χ2n) is 5.75. The third-order valence-electron chi connectivity index (χ3n) is 5.15. The summed E-state index contributed by atoms with van der Waals surface area (Å²) in [4.78, 5) is 11.0. The molecule has 3 saturated carbocycles. The smallest absolute Gasteiger partial charge is 0.0479 e. The maximum atomic E-state index is 11.0. The van der Waals surface area contributed by atoms with Crippen LogP contribution in [0.4, 0.5) is 0 Å². The van der Waals surface area contributed by atoms with Gasteiger partial charge in [-0.3, -0.25) is 0 Å². The molecule has 0 aliphatic heterocycles. The maximum Gasteiger partial charge on any atom is 0.0479 e. The Bertz CT molecular complexity index is 307. The molecule has 3 fully saturated rings. The zero-order chi connectivity index (χ0) is 9.48. The molecule has 72 valence electrons. The van der Waals surface area contributed by atoms with E-state index in [0.717, 1.165) is 18.8 Å². The second-order valence-corrected chi connectivity index (χ2v) is 5.75. The van der Waals surface area contributed by atoms with Crippen LogP contribution in [-0.2, 0) is 4.79 Å². The maximum absolute atomic E-state index is 11.0. The average Bonchev–Trinajstić information content (AvgIpc) is 2.78. The number of hydrogen-bond donors (Lipinski definition) is 0. The van der Waals surface area contributed by atoms with E-state index in [1.165, 1.54) is 12.8 Å². The van der Waals surface area contributed by atoms with Gasteiger partial charge >= 0.3 is 0 Å². The van der Waals surface area contributed by atoms with E-state index >= 15 is 0 Å². The lowest BCUT2D eigenvalue weighted by Gasteiger charge is -2.15. The van der Waals surface area contributed by atoms with Crippen molar-refractivity contribution in [1.29, 1.82) is 0 Å². The summed E-state index contributed by atoms with van der Waals surface area (Å²) in [6, 6.07) is 0. The van der Waals surface area contributed by atoms with Gasteiger partial charge in [0.05, 0.1) is 0 Å². The van der Waals surface area contributed by atoms with Crippen LogP contribution in [-0.4, -0.2) is 5.97 Å². The lowest BCUT2D eigenvalue weighted by Crippen LogP contribution is -2.33. The highest BCUT2D eigenvalue weighted by Gasteiger charge is 2.85. The van der Waals surface area contributed by atoms with Gasteiger partial charge in [0.1, 0.15) is 0 Å². The Morgan fingerprint density at radius 1 is 1.31 bits per heavy atom. The Balaban J connectivity index is 1.87. The number of carbonyl (C=O) groups excluding carboxylic acids is 1. The summed E-state index contributed by atoms with van der Waals surface area (Å²) in [5.74, 6) is 0.00514. The van der Waals surface area contributed by atoms with Gasteiger partial charge in [-0.1, -0.05) is 13.8 Å². The molecule has 0 unspecified atom stereocenters. The molecule has 0 saturated heterocycles. The Labute approximate surface area is 78.3 Å². The van der Waals surface area contributed by atoms with Crippen molar-refractivity contribution >= 4 is 5.97 Å². The molecule has 0 radical (unpaired) electrons. The van der Waals surface area contributed by atoms with Gasteiger partial charge in [-0.25, -0.2) is 0 Å². The van der Waals surface area contributed by atoms with E-state index in [2.05, 4.69) is 6.92 Å². The van der Waals surface area contributed by atoms with Gasteiger partial charge < -0.3 is 9.90 Å². The minimum atomic E-state index is -0.822. The van der Waals surface area contributed by atoms with E-state index in [-0.39, 0.29) is 5.41 Å². The summed E-state index contributed by atoms with van der Waals surface area (Å²) in [5.41, 5.74) is 0.0339. The molecule has 0 aromatic rings. The van der Waals surface area contributed by atoms with Gasteiger partial charge in [-0.05, 0) is 42.4 Å². The Morgan fingerprint density at radius 3 is 2.31 bits per heavy atom. The van der Waals surface area contributed by atoms with Crippen LogP contribution in [0, 0.1) is 22.2 Å². The summed E-state index contributed by atoms with van der Waals surface area (Å²) in [6.45, 7) is 4.15. The van der Waals surface area contributed by atoms with E-state index < -0.39 is 11.4 Å². The molecule has 3 aliphatic carbocycles. The topological polar surface area (TPSA) is 40.1 Å². The second kappa shape index (κ2) is 1.67. The van der Waals surface area contributed by atoms with Gasteiger partial charge in [0.15, 0.2) is 0 Å². The zero-order valence-corrected chi connectivity index (χ0v) is 8.22. The summed E-state index contributed by atoms with van der Waals surface area (Å²) < 4.78 is 0. The molecule has 13 heavy (non-hydrogen) atoms. The highest BCUT2D eigenvalue weighted by atomic mass is 16.4. The normalized spacial score (nSPS) is 58.0. The van der Waals surface area contributed by atoms with Crippen LogP contribution in [0.25, 0.3) is 0 Å². The Morgan fingerprint density at radius 2 is 1.92 bits per heavy atom. The van der Waals surface area contributed by atoms with Crippen molar-refractivity contribution in [1.82, 2.24) is 0 Å². The first-order chi connectivity index (χ1) is 5.96. The molecule has 0 aromatic carbocycles. The fourth-order valence-corrected chi connectivity index (χ4v) is 3.75. The Hall–Kier alpha value is -0.530. The van der Waals surface area contributed by atoms with E-state index in [1.54, 1.807) is 0 Å². The van der Waals surface area contributed by atoms with Crippen molar-refractivity contribution in [2.45, 2.75) is 39.5 Å². The molecule has 3 rings (SSSR count). The minimum absolute atomic E-state index is 0.153. The third-order valence-corrected chi connectivity index (χ3v) is 5.15. The fraction of sp³-hybridized carbons (Fsp3) is 0.909. The standard InChI is InChI=1S/C11H16O2/c1-9(7-3-4-7)5-11(9)6-10(11,2)8(12)13/h7H,3-6H2,1-2H3,(H,12,13)/p-1/t9-,10-,11+/m1/s1. The third kappa shape index (κ3) is 0.628. The molecule has 0 N–H and O–H groups in total. The van der Waals surface area contributed by atoms with Crippen molar-refractivity contribution in [2.75, 3.05) is 0 Å². The van der Waals surface area contributed by atoms with E-state index in [0.29, 0.717) is 5.41 Å². The predicted molar refractivity (Wildman–Crippen MR) is 45.6 cm³/mol. The lowest BCUT2D eigenvalue weighted by molar-refractivity contribution is -0.314. The molecular weight excluding hydrogens is 164 g/mol. The van der Waals surface area contributed by atoms with Gasteiger partial charge in [0, 0.05) is 11.4 Å². The van der Waals surface area contributed by atoms with E-state index in [4.69, 9.17) is 0 Å².